The van der Waals surface area contributed by atoms with Crippen LogP contribution in [0.5, 0.6) is 11.5 Å². The van der Waals surface area contributed by atoms with E-state index in [0.29, 0.717) is 30.3 Å². The average Bonchev–Trinajstić information content (AvgIpc) is 2.73. The molecule has 156 valence electrons. The molecular formula is C24H27N3O3. The first kappa shape index (κ1) is 21.2. The van der Waals surface area contributed by atoms with Gasteiger partial charge in [0.05, 0.1) is 6.61 Å². The number of carbonyl (C=O) groups is 1. The van der Waals surface area contributed by atoms with Gasteiger partial charge in [0.2, 0.25) is 0 Å². The molecule has 0 saturated carbocycles. The molecule has 0 saturated heterocycles. The highest BCUT2D eigenvalue weighted by atomic mass is 16.5. The minimum absolute atomic E-state index is 0.202. The zero-order valence-corrected chi connectivity index (χ0v) is 17.8. The van der Waals surface area contributed by atoms with Crippen molar-refractivity contribution in [2.45, 2.75) is 20.5 Å². The predicted octanol–water partition coefficient (Wildman–Crippen LogP) is 4.69. The first-order chi connectivity index (χ1) is 14.5. The van der Waals surface area contributed by atoms with E-state index in [-0.39, 0.29) is 5.91 Å². The number of benzene rings is 2. The summed E-state index contributed by atoms with van der Waals surface area (Å²) in [5.74, 6) is 0.920. The van der Waals surface area contributed by atoms with Crippen LogP contribution in [0, 0.1) is 6.92 Å². The molecule has 2 aromatic carbocycles. The number of ether oxygens (including phenoxy) is 2. The van der Waals surface area contributed by atoms with Crippen LogP contribution in [0.25, 0.3) is 0 Å². The third-order valence-electron chi connectivity index (χ3n) is 4.56. The Morgan fingerprint density at radius 3 is 2.57 bits per heavy atom. The van der Waals surface area contributed by atoms with E-state index in [9.17, 15) is 4.79 Å². The Morgan fingerprint density at radius 2 is 1.90 bits per heavy atom. The lowest BCUT2D eigenvalue weighted by Crippen LogP contribution is -2.14. The van der Waals surface area contributed by atoms with Crippen molar-refractivity contribution in [1.82, 2.24) is 4.98 Å². The molecule has 3 aromatic rings. The van der Waals surface area contributed by atoms with Crippen molar-refractivity contribution in [2.75, 3.05) is 30.9 Å². The van der Waals surface area contributed by atoms with Crippen molar-refractivity contribution in [3.8, 4) is 11.5 Å². The van der Waals surface area contributed by atoms with Gasteiger partial charge in [0.15, 0.2) is 11.5 Å². The molecule has 0 radical (unpaired) electrons. The summed E-state index contributed by atoms with van der Waals surface area (Å²) in [7, 11) is 3.99. The van der Waals surface area contributed by atoms with Crippen LogP contribution in [-0.2, 0) is 6.61 Å². The van der Waals surface area contributed by atoms with E-state index in [0.717, 1.165) is 22.5 Å². The number of aryl methyl sites for hydroxylation is 1. The molecule has 0 unspecified atom stereocenters. The maximum atomic E-state index is 12.8. The van der Waals surface area contributed by atoms with Gasteiger partial charge >= 0.3 is 0 Å². The highest BCUT2D eigenvalue weighted by Crippen LogP contribution is 2.30. The van der Waals surface area contributed by atoms with E-state index in [2.05, 4.69) is 10.3 Å². The van der Waals surface area contributed by atoms with Crippen LogP contribution in [-0.4, -0.2) is 31.6 Å². The van der Waals surface area contributed by atoms with Crippen molar-refractivity contribution in [2.24, 2.45) is 0 Å². The maximum Gasteiger partial charge on any atom is 0.255 e. The van der Waals surface area contributed by atoms with Crippen LogP contribution in [0.4, 0.5) is 11.4 Å². The third kappa shape index (κ3) is 5.29. The van der Waals surface area contributed by atoms with E-state index < -0.39 is 0 Å². The highest BCUT2D eigenvalue weighted by molar-refractivity contribution is 6.04. The van der Waals surface area contributed by atoms with Gasteiger partial charge < -0.3 is 19.7 Å². The Balaban J connectivity index is 1.74. The molecule has 0 atom stereocenters. The fourth-order valence-electron chi connectivity index (χ4n) is 3.12. The monoisotopic (exact) mass is 405 g/mol. The van der Waals surface area contributed by atoms with E-state index in [1.807, 2.05) is 63.2 Å². The topological polar surface area (TPSA) is 63.7 Å². The Kier molecular flexibility index (Phi) is 6.91. The SMILES string of the molecule is CCOc1cc(C(=O)Nc2ccc(N(C)C)c(C)c2)ccc1OCc1cccnc1. The number of hydrogen-bond donors (Lipinski definition) is 1. The molecular weight excluding hydrogens is 378 g/mol. The van der Waals surface area contributed by atoms with E-state index >= 15 is 0 Å². The summed E-state index contributed by atoms with van der Waals surface area (Å²) in [5.41, 5.74) is 4.41. The molecule has 1 N–H and O–H groups in total. The van der Waals surface area contributed by atoms with Crippen LogP contribution >= 0.6 is 0 Å². The van der Waals surface area contributed by atoms with Crippen LogP contribution in [0.2, 0.25) is 0 Å². The molecule has 0 aliphatic rings. The summed E-state index contributed by atoms with van der Waals surface area (Å²) in [6.07, 6.45) is 3.48. The van der Waals surface area contributed by atoms with E-state index in [1.165, 1.54) is 0 Å². The van der Waals surface area contributed by atoms with E-state index in [1.54, 1.807) is 30.6 Å². The number of rotatable bonds is 8. The molecule has 0 fully saturated rings. The second kappa shape index (κ2) is 9.78. The normalized spacial score (nSPS) is 10.4. The van der Waals surface area contributed by atoms with Gasteiger partial charge in [0.25, 0.3) is 5.91 Å². The van der Waals surface area contributed by atoms with Gasteiger partial charge in [-0.3, -0.25) is 9.78 Å². The number of nitrogens with one attached hydrogen (secondary N) is 1. The number of aromatic nitrogens is 1. The van der Waals surface area contributed by atoms with Crippen LogP contribution in [0.15, 0.2) is 60.9 Å². The molecule has 3 rings (SSSR count). The zero-order valence-electron chi connectivity index (χ0n) is 17.8. The van der Waals surface area contributed by atoms with E-state index in [4.69, 9.17) is 9.47 Å². The first-order valence-corrected chi connectivity index (χ1v) is 9.85. The van der Waals surface area contributed by atoms with Gasteiger partial charge in [0, 0.05) is 49.0 Å². The molecule has 1 aromatic heterocycles. The van der Waals surface area contributed by atoms with Gasteiger partial charge in [-0.25, -0.2) is 0 Å². The van der Waals surface area contributed by atoms with Crippen LogP contribution in [0.1, 0.15) is 28.4 Å². The third-order valence-corrected chi connectivity index (χ3v) is 4.56. The summed E-state index contributed by atoms with van der Waals surface area (Å²) in [6.45, 7) is 4.76. The highest BCUT2D eigenvalue weighted by Gasteiger charge is 2.13. The Morgan fingerprint density at radius 1 is 1.07 bits per heavy atom. The number of anilines is 2. The van der Waals surface area contributed by atoms with Crippen molar-refractivity contribution in [3.63, 3.8) is 0 Å². The lowest BCUT2D eigenvalue weighted by Gasteiger charge is -2.17. The fraction of sp³-hybridized carbons (Fsp3) is 0.250. The second-order valence-electron chi connectivity index (χ2n) is 7.09. The molecule has 6 heteroatoms. The predicted molar refractivity (Wildman–Crippen MR) is 120 cm³/mol. The van der Waals surface area contributed by atoms with Gasteiger partial charge in [-0.15, -0.1) is 0 Å². The summed E-state index contributed by atoms with van der Waals surface area (Å²) in [6, 6.07) is 14.9. The minimum atomic E-state index is -0.202. The number of amides is 1. The van der Waals surface area contributed by atoms with Crippen LogP contribution in [0.3, 0.4) is 0 Å². The Hall–Kier alpha value is -3.54. The minimum Gasteiger partial charge on any atom is -0.490 e. The molecule has 0 aliphatic carbocycles. The van der Waals surface area contributed by atoms with Gasteiger partial charge in [-0.2, -0.15) is 0 Å². The fourth-order valence-corrected chi connectivity index (χ4v) is 3.12. The van der Waals surface area contributed by atoms with Crippen molar-refractivity contribution in [1.29, 1.82) is 0 Å². The smallest absolute Gasteiger partial charge is 0.255 e. The summed E-state index contributed by atoms with van der Waals surface area (Å²) in [4.78, 5) is 18.9. The Labute approximate surface area is 177 Å². The lowest BCUT2D eigenvalue weighted by molar-refractivity contribution is 0.102. The van der Waals surface area contributed by atoms with Crippen molar-refractivity contribution >= 4 is 17.3 Å². The Bertz CT molecular complexity index is 1000. The molecule has 0 spiro atoms. The second-order valence-corrected chi connectivity index (χ2v) is 7.09. The zero-order chi connectivity index (χ0) is 21.5. The molecule has 30 heavy (non-hydrogen) atoms. The maximum absolute atomic E-state index is 12.8. The van der Waals surface area contributed by atoms with Crippen LogP contribution < -0.4 is 19.7 Å². The first-order valence-electron chi connectivity index (χ1n) is 9.85. The van der Waals surface area contributed by atoms with Crippen molar-refractivity contribution < 1.29 is 14.3 Å². The number of pyridine rings is 1. The van der Waals surface area contributed by atoms with Gasteiger partial charge in [-0.1, -0.05) is 6.07 Å². The number of nitrogens with zero attached hydrogens (tertiary/aromatic N) is 2. The molecule has 0 bridgehead atoms. The number of carbonyl (C=O) groups excluding carboxylic acids is 1. The summed E-state index contributed by atoms with van der Waals surface area (Å²) < 4.78 is 11.6. The quantitative estimate of drug-likeness (QED) is 0.589. The molecule has 0 aliphatic heterocycles. The lowest BCUT2D eigenvalue weighted by atomic mass is 10.1. The van der Waals surface area contributed by atoms with Gasteiger partial charge in [-0.05, 0) is 61.9 Å². The average molecular weight is 405 g/mol. The van der Waals surface area contributed by atoms with Gasteiger partial charge in [0.1, 0.15) is 6.61 Å². The molecule has 6 nitrogen and oxygen atoms in total. The number of hydrogen-bond acceptors (Lipinski definition) is 5. The largest absolute Gasteiger partial charge is 0.490 e. The standard InChI is InChI=1S/C24H27N3O3/c1-5-29-23-14-19(8-11-22(23)30-16-18-7-6-12-25-15-18)24(28)26-20-9-10-21(27(3)4)17(2)13-20/h6-15H,5,16H2,1-4H3,(H,26,28). The summed E-state index contributed by atoms with van der Waals surface area (Å²) in [5, 5.41) is 2.95. The molecule has 1 heterocycles. The summed E-state index contributed by atoms with van der Waals surface area (Å²) >= 11 is 0. The molecule has 1 amide bonds. The van der Waals surface area contributed by atoms with Crippen molar-refractivity contribution in [3.05, 3.63) is 77.6 Å².